The maximum Gasteiger partial charge on any atom is 0.362 e. The lowest BCUT2D eigenvalue weighted by Gasteiger charge is -2.48. The minimum absolute atomic E-state index is 0.479. The van der Waals surface area contributed by atoms with Gasteiger partial charge in [0.1, 0.15) is 0 Å². The summed E-state index contributed by atoms with van der Waals surface area (Å²) in [5, 5.41) is 1.69. The second-order valence-corrected chi connectivity index (χ2v) is 23.3. The van der Waals surface area contributed by atoms with Gasteiger partial charge in [0.2, 0.25) is 0 Å². The Balaban J connectivity index is 6.56. The molecule has 0 aromatic rings. The Bertz CT molecular complexity index is 557. The summed E-state index contributed by atoms with van der Waals surface area (Å²) < 4.78 is 23.5. The van der Waals surface area contributed by atoms with Crippen LogP contribution in [0.2, 0.25) is 0 Å². The monoisotopic (exact) mass is 993 g/mol. The van der Waals surface area contributed by atoms with E-state index in [4.69, 9.17) is 9.05 Å². The molecule has 0 heterocycles. The van der Waals surface area contributed by atoms with E-state index in [1.165, 1.54) is 0 Å². The highest BCUT2D eigenvalue weighted by atomic mass is 79.9. The summed E-state index contributed by atoms with van der Waals surface area (Å²) in [6.45, 7) is 11.8. The van der Waals surface area contributed by atoms with Crippen molar-refractivity contribution in [2.24, 2.45) is 16.2 Å². The van der Waals surface area contributed by atoms with Crippen molar-refractivity contribution >= 4 is 151 Å². The summed E-state index contributed by atoms with van der Waals surface area (Å²) in [7, 11) is -3.95. The van der Waals surface area contributed by atoms with Crippen LogP contribution in [0.1, 0.15) is 41.5 Å². The van der Waals surface area contributed by atoms with Gasteiger partial charge in [-0.05, 0) is 63.7 Å². The highest BCUT2D eigenvalue weighted by Gasteiger charge is 2.64. The Labute approximate surface area is 244 Å². The molecular formula is C15H24Br9O3P. The molecule has 0 N–H and O–H groups in total. The fourth-order valence-corrected chi connectivity index (χ4v) is 11.2. The van der Waals surface area contributed by atoms with Gasteiger partial charge in [-0.25, -0.2) is 0 Å². The van der Waals surface area contributed by atoms with E-state index in [0.29, 0.717) is 16.0 Å². The molecule has 13 heteroatoms. The lowest BCUT2D eigenvalue weighted by atomic mass is 9.98. The maximum atomic E-state index is 14.5. The lowest BCUT2D eigenvalue weighted by Crippen LogP contribution is -2.45. The smallest absolute Gasteiger partial charge is 0.277 e. The SMILES string of the molecule is CC(C)(CBr)C(Br)(Br)OP(=O)(OC(Br)(Br)C(C)(C)CBr)C(Br)(Br)C(C)(C)CBr. The van der Waals surface area contributed by atoms with Gasteiger partial charge in [0, 0.05) is 32.2 Å². The summed E-state index contributed by atoms with van der Waals surface area (Å²) >= 11 is 32.1. The maximum absolute atomic E-state index is 14.5. The van der Waals surface area contributed by atoms with Crippen molar-refractivity contribution in [1.29, 1.82) is 0 Å². The summed E-state index contributed by atoms with van der Waals surface area (Å²) in [5.74, 6) is 0. The van der Waals surface area contributed by atoms with Gasteiger partial charge in [-0.3, -0.25) is 13.6 Å². The number of hydrogen-bond donors (Lipinski definition) is 0. The zero-order valence-electron chi connectivity index (χ0n) is 16.2. The van der Waals surface area contributed by atoms with Crippen LogP contribution in [0.5, 0.6) is 0 Å². The van der Waals surface area contributed by atoms with Gasteiger partial charge in [0.05, 0.1) is 0 Å². The summed E-state index contributed by atoms with van der Waals surface area (Å²) in [5.41, 5.74) is -1.52. The van der Waals surface area contributed by atoms with Crippen LogP contribution in [0, 0.1) is 16.2 Å². The molecule has 0 aromatic carbocycles. The van der Waals surface area contributed by atoms with Crippen LogP contribution in [0.3, 0.4) is 0 Å². The lowest BCUT2D eigenvalue weighted by molar-refractivity contribution is 0.0743. The molecule has 0 radical (unpaired) electrons. The van der Waals surface area contributed by atoms with Crippen LogP contribution in [-0.4, -0.2) is 25.8 Å². The van der Waals surface area contributed by atoms with E-state index < -0.39 is 33.7 Å². The third kappa shape index (κ3) is 7.00. The Morgan fingerprint density at radius 1 is 0.607 bits per heavy atom. The fourth-order valence-electron chi connectivity index (χ4n) is 1.29. The molecule has 28 heavy (non-hydrogen) atoms. The summed E-state index contributed by atoms with van der Waals surface area (Å²) in [4.78, 5) is 0. The minimum atomic E-state index is -3.95. The van der Waals surface area contributed by atoms with E-state index in [0.717, 1.165) is 0 Å². The van der Waals surface area contributed by atoms with Crippen molar-refractivity contribution in [3.63, 3.8) is 0 Å². The fraction of sp³-hybridized carbons (Fsp3) is 1.00. The van der Waals surface area contributed by atoms with E-state index in [1.54, 1.807) is 0 Å². The van der Waals surface area contributed by atoms with Crippen molar-refractivity contribution in [2.75, 3.05) is 16.0 Å². The minimum Gasteiger partial charge on any atom is -0.277 e. The largest absolute Gasteiger partial charge is 0.362 e. The molecule has 0 unspecified atom stereocenters. The molecule has 0 amide bonds. The molecule has 3 nitrogen and oxygen atoms in total. The van der Waals surface area contributed by atoms with Gasteiger partial charge in [-0.15, -0.1) is 0 Å². The van der Waals surface area contributed by atoms with Crippen molar-refractivity contribution < 1.29 is 13.6 Å². The van der Waals surface area contributed by atoms with Gasteiger partial charge in [0.15, 0.2) is 9.81 Å². The van der Waals surface area contributed by atoms with Gasteiger partial charge in [-0.1, -0.05) is 121 Å². The zero-order chi connectivity index (χ0) is 23.0. The van der Waals surface area contributed by atoms with Gasteiger partial charge in [0.25, 0.3) is 0 Å². The number of rotatable bonds is 11. The van der Waals surface area contributed by atoms with Crippen LogP contribution in [0.25, 0.3) is 0 Å². The molecule has 0 aliphatic heterocycles. The number of hydrogen-bond acceptors (Lipinski definition) is 3. The standard InChI is InChI=1S/C15H24Br9O3P/c1-10(2,7-16)13(19,20)26-28(25,15(23,24)12(5,6)9-18)27-14(21,22)11(3,4)8-17/h7-9H2,1-6H3. The van der Waals surface area contributed by atoms with E-state index in [2.05, 4.69) is 143 Å². The number of alkyl halides is 9. The molecule has 0 atom stereocenters. The van der Waals surface area contributed by atoms with Crippen molar-refractivity contribution in [2.45, 2.75) is 51.4 Å². The molecule has 170 valence electrons. The highest BCUT2D eigenvalue weighted by molar-refractivity contribution is 9.27. The van der Waals surface area contributed by atoms with Crippen molar-refractivity contribution in [3.8, 4) is 0 Å². The molecule has 0 saturated heterocycles. The van der Waals surface area contributed by atoms with Crippen LogP contribution in [0.15, 0.2) is 0 Å². The average molecular weight is 1000 g/mol. The van der Waals surface area contributed by atoms with Gasteiger partial charge < -0.3 is 0 Å². The second-order valence-electron chi connectivity index (χ2n) is 8.31. The van der Waals surface area contributed by atoms with E-state index in [-0.39, 0.29) is 0 Å². The van der Waals surface area contributed by atoms with Crippen LogP contribution >= 0.6 is 151 Å². The summed E-state index contributed by atoms with van der Waals surface area (Å²) in [6, 6.07) is 0. The first-order valence-corrected chi connectivity index (χ1v) is 17.6. The molecule has 0 rings (SSSR count). The number of halogens is 9. The Hall–Kier alpha value is 4.47. The van der Waals surface area contributed by atoms with Crippen molar-refractivity contribution in [3.05, 3.63) is 0 Å². The highest BCUT2D eigenvalue weighted by Crippen LogP contribution is 2.78. The molecule has 0 aliphatic carbocycles. The predicted octanol–water partition coefficient (Wildman–Crippen LogP) is 10.8. The molecule has 0 aromatic heterocycles. The quantitative estimate of drug-likeness (QED) is 0.153. The molecular weight excluding hydrogens is 978 g/mol. The summed E-state index contributed by atoms with van der Waals surface area (Å²) in [6.07, 6.45) is 0. The Kier molecular flexibility index (Phi) is 12.8. The molecule has 0 aliphatic rings. The first-order valence-electron chi connectivity index (χ1n) is 7.93. The first-order chi connectivity index (χ1) is 12.1. The molecule has 0 saturated carbocycles. The average Bonchev–Trinajstić information content (AvgIpc) is 2.52. The van der Waals surface area contributed by atoms with Crippen molar-refractivity contribution in [1.82, 2.24) is 0 Å². The third-order valence-corrected chi connectivity index (χ3v) is 21.4. The Morgan fingerprint density at radius 3 is 1.07 bits per heavy atom. The topological polar surface area (TPSA) is 35.5 Å². The molecule has 0 spiro atoms. The predicted molar refractivity (Wildman–Crippen MR) is 154 cm³/mol. The van der Waals surface area contributed by atoms with Crippen LogP contribution in [-0.2, 0) is 13.6 Å². The van der Waals surface area contributed by atoms with E-state index in [9.17, 15) is 4.57 Å². The van der Waals surface area contributed by atoms with E-state index in [1.807, 2.05) is 41.5 Å². The van der Waals surface area contributed by atoms with Crippen LogP contribution in [0.4, 0.5) is 0 Å². The zero-order valence-corrected chi connectivity index (χ0v) is 31.4. The third-order valence-electron chi connectivity index (χ3n) is 4.21. The second kappa shape index (κ2) is 11.0. The van der Waals surface area contributed by atoms with E-state index >= 15 is 0 Å². The molecule has 0 fully saturated rings. The normalized spacial score (nSPS) is 15.8. The van der Waals surface area contributed by atoms with Gasteiger partial charge >= 0.3 is 7.60 Å². The van der Waals surface area contributed by atoms with Crippen LogP contribution < -0.4 is 0 Å². The molecule has 0 bridgehead atoms. The first kappa shape index (κ1) is 32.5. The Morgan fingerprint density at radius 2 is 0.857 bits per heavy atom. The van der Waals surface area contributed by atoms with Gasteiger partial charge in [-0.2, -0.15) is 0 Å².